The number of methoxy groups -OCH3 is 2. The van der Waals surface area contributed by atoms with Gasteiger partial charge < -0.3 is 36.1 Å². The molecule has 0 bridgehead atoms. The fourth-order valence-electron chi connectivity index (χ4n) is 4.98. The van der Waals surface area contributed by atoms with Crippen molar-refractivity contribution in [2.45, 2.75) is 31.2 Å². The van der Waals surface area contributed by atoms with Crippen LogP contribution in [0.5, 0.6) is 11.5 Å². The number of benzene rings is 2. The molecule has 43 heavy (non-hydrogen) atoms. The van der Waals surface area contributed by atoms with Crippen LogP contribution in [-0.2, 0) is 19.1 Å². The second kappa shape index (κ2) is 13.3. The molecule has 6 N–H and O–H groups in total. The van der Waals surface area contributed by atoms with E-state index < -0.39 is 41.1 Å². The van der Waals surface area contributed by atoms with Gasteiger partial charge in [-0.15, -0.1) is 0 Å². The first kappa shape index (κ1) is 32.5. The molecule has 0 amide bonds. The van der Waals surface area contributed by atoms with Gasteiger partial charge in [-0.25, -0.2) is 4.79 Å². The molecule has 2 heterocycles. The normalized spacial score (nSPS) is 17.7. The quantitative estimate of drug-likeness (QED) is 0.397. The molecule has 0 aromatic heterocycles. The standard InChI is InChI=1S/C17H22N2O5.C13H7BrN4O/c1-17(2,19)13(16(21)23-4)11-9-7-5-6-8-10(9)24-14(18)12(11)15(20)22-3;14-8-1-2-11-9(3-8)12(7(4-15)5-16)10(6-17)13(18)19-11/h5-8,11,13H,18-19H2,1-4H3;1-3,7,12H,18H2. The van der Waals surface area contributed by atoms with Gasteiger partial charge in [0, 0.05) is 27.1 Å². The smallest absolute Gasteiger partial charge is 0.339 e. The van der Waals surface area contributed by atoms with Crippen LogP contribution in [-0.4, -0.2) is 31.7 Å². The Morgan fingerprint density at radius 1 is 0.930 bits per heavy atom. The summed E-state index contributed by atoms with van der Waals surface area (Å²) in [4.78, 5) is 24.8. The summed E-state index contributed by atoms with van der Waals surface area (Å²) in [7, 11) is 2.51. The average Bonchev–Trinajstić information content (AvgIpc) is 2.97. The molecule has 2 aromatic rings. The third-order valence-corrected chi connectivity index (χ3v) is 7.37. The lowest BCUT2D eigenvalue weighted by atomic mass is 9.71. The molecule has 0 saturated heterocycles. The lowest BCUT2D eigenvalue weighted by molar-refractivity contribution is -0.148. The van der Waals surface area contributed by atoms with Gasteiger partial charge in [-0.05, 0) is 38.1 Å². The van der Waals surface area contributed by atoms with Crippen molar-refractivity contribution in [3.8, 4) is 29.7 Å². The van der Waals surface area contributed by atoms with Crippen molar-refractivity contribution in [2.75, 3.05) is 14.2 Å². The Balaban J connectivity index is 0.000000242. The Labute approximate surface area is 257 Å². The molecule has 3 atom stereocenters. The highest BCUT2D eigenvalue weighted by Crippen LogP contribution is 2.46. The summed E-state index contributed by atoms with van der Waals surface area (Å²) in [5.74, 6) is -3.75. The monoisotopic (exact) mass is 648 g/mol. The number of ether oxygens (including phenoxy) is 4. The molecular formula is C30H29BrN6O6. The first-order valence-corrected chi connectivity index (χ1v) is 13.5. The lowest BCUT2D eigenvalue weighted by Crippen LogP contribution is -2.50. The van der Waals surface area contributed by atoms with Crippen LogP contribution in [0.1, 0.15) is 36.8 Å². The summed E-state index contributed by atoms with van der Waals surface area (Å²) in [6, 6.07) is 17.9. The van der Waals surface area contributed by atoms with Crippen LogP contribution in [0.15, 0.2) is 69.8 Å². The van der Waals surface area contributed by atoms with Gasteiger partial charge in [-0.2, -0.15) is 15.8 Å². The molecule has 0 radical (unpaired) electrons. The van der Waals surface area contributed by atoms with Crippen molar-refractivity contribution in [1.29, 1.82) is 15.8 Å². The Hall–Kier alpha value is -5.03. The molecular weight excluding hydrogens is 620 g/mol. The van der Waals surface area contributed by atoms with Crippen molar-refractivity contribution in [1.82, 2.24) is 0 Å². The Morgan fingerprint density at radius 2 is 1.53 bits per heavy atom. The molecule has 222 valence electrons. The molecule has 2 aliphatic heterocycles. The molecule has 0 spiro atoms. The third-order valence-electron chi connectivity index (χ3n) is 6.88. The zero-order valence-electron chi connectivity index (χ0n) is 23.8. The number of hydrogen-bond acceptors (Lipinski definition) is 12. The molecule has 0 fully saturated rings. The first-order chi connectivity index (χ1) is 20.3. The van der Waals surface area contributed by atoms with Gasteiger partial charge in [0.25, 0.3) is 0 Å². The van der Waals surface area contributed by atoms with Gasteiger partial charge in [0.2, 0.25) is 11.8 Å². The van der Waals surface area contributed by atoms with Crippen LogP contribution >= 0.6 is 15.9 Å². The number of hydrogen-bond donors (Lipinski definition) is 3. The fourth-order valence-corrected chi connectivity index (χ4v) is 5.36. The summed E-state index contributed by atoms with van der Waals surface area (Å²) in [5.41, 5.74) is 18.3. The van der Waals surface area contributed by atoms with Gasteiger partial charge in [-0.1, -0.05) is 34.1 Å². The molecule has 4 rings (SSSR count). The molecule has 3 unspecified atom stereocenters. The average molecular weight is 650 g/mol. The minimum absolute atomic E-state index is 0.0576. The van der Waals surface area contributed by atoms with Crippen molar-refractivity contribution in [3.05, 3.63) is 81.0 Å². The van der Waals surface area contributed by atoms with E-state index in [1.807, 2.05) is 18.2 Å². The summed E-state index contributed by atoms with van der Waals surface area (Å²) < 4.78 is 21.4. The van der Waals surface area contributed by atoms with Crippen LogP contribution in [0.25, 0.3) is 0 Å². The van der Waals surface area contributed by atoms with Crippen LogP contribution < -0.4 is 26.7 Å². The number of carbonyl (C=O) groups is 2. The summed E-state index contributed by atoms with van der Waals surface area (Å²) in [6.07, 6.45) is 0. The van der Waals surface area contributed by atoms with Gasteiger partial charge in [0.15, 0.2) is 0 Å². The molecule has 12 nitrogen and oxygen atoms in total. The van der Waals surface area contributed by atoms with E-state index in [0.717, 1.165) is 4.47 Å². The van der Waals surface area contributed by atoms with E-state index >= 15 is 0 Å². The summed E-state index contributed by atoms with van der Waals surface area (Å²) >= 11 is 3.32. The zero-order valence-corrected chi connectivity index (χ0v) is 25.3. The van der Waals surface area contributed by atoms with Crippen molar-refractivity contribution < 1.29 is 28.5 Å². The molecule has 0 saturated carbocycles. The Bertz CT molecular complexity index is 1610. The number of nitrogens with zero attached hydrogens (tertiary/aromatic N) is 3. The predicted molar refractivity (Wildman–Crippen MR) is 156 cm³/mol. The van der Waals surface area contributed by atoms with E-state index in [0.29, 0.717) is 22.6 Å². The number of rotatable bonds is 5. The highest BCUT2D eigenvalue weighted by molar-refractivity contribution is 9.10. The van der Waals surface area contributed by atoms with Gasteiger partial charge in [-0.3, -0.25) is 4.79 Å². The van der Waals surface area contributed by atoms with E-state index in [1.54, 1.807) is 56.3 Å². The van der Waals surface area contributed by atoms with Crippen LogP contribution in [0.3, 0.4) is 0 Å². The number of halogens is 1. The minimum atomic E-state index is -0.995. The largest absolute Gasteiger partial charge is 0.469 e. The minimum Gasteiger partial charge on any atom is -0.469 e. The van der Waals surface area contributed by atoms with Crippen molar-refractivity contribution >= 4 is 27.9 Å². The first-order valence-electron chi connectivity index (χ1n) is 12.7. The number of nitriles is 3. The molecule has 0 aliphatic carbocycles. The number of allylic oxidation sites excluding steroid dienone is 1. The second-order valence-corrected chi connectivity index (χ2v) is 11.0. The maximum absolute atomic E-state index is 12.5. The maximum atomic E-state index is 12.5. The molecule has 2 aromatic carbocycles. The number of nitrogens with two attached hydrogens (primary N) is 3. The number of esters is 2. The lowest BCUT2D eigenvalue weighted by Gasteiger charge is -2.38. The molecule has 13 heteroatoms. The van der Waals surface area contributed by atoms with Crippen LogP contribution in [0.2, 0.25) is 0 Å². The fraction of sp³-hybridized carbons (Fsp3) is 0.300. The predicted octanol–water partition coefficient (Wildman–Crippen LogP) is 3.31. The third kappa shape index (κ3) is 6.57. The maximum Gasteiger partial charge on any atom is 0.339 e. The van der Waals surface area contributed by atoms with E-state index in [1.165, 1.54) is 14.2 Å². The topological polar surface area (TPSA) is 220 Å². The van der Waals surface area contributed by atoms with E-state index in [4.69, 9.17) is 51.9 Å². The zero-order chi connectivity index (χ0) is 32.1. The Morgan fingerprint density at radius 3 is 2.09 bits per heavy atom. The van der Waals surface area contributed by atoms with Gasteiger partial charge >= 0.3 is 11.9 Å². The van der Waals surface area contributed by atoms with E-state index in [9.17, 15) is 9.59 Å². The summed E-state index contributed by atoms with van der Waals surface area (Å²) in [6.45, 7) is 3.38. The SMILES string of the molecule is COC(=O)C1=C(N)Oc2ccccc2C1C(C(=O)OC)C(C)(C)N.N#CC1=C(N)Oc2ccc(Br)cc2C1C(C#N)C#N. The van der Waals surface area contributed by atoms with Crippen molar-refractivity contribution in [3.63, 3.8) is 0 Å². The summed E-state index contributed by atoms with van der Waals surface area (Å²) in [5, 5.41) is 27.3. The second-order valence-electron chi connectivity index (χ2n) is 10.1. The number of carbonyl (C=O) groups excluding carboxylic acids is 2. The van der Waals surface area contributed by atoms with Gasteiger partial charge in [0.1, 0.15) is 29.1 Å². The Kier molecular flexibility index (Phi) is 10.0. The number of fused-ring (bicyclic) bond motifs is 2. The highest BCUT2D eigenvalue weighted by Gasteiger charge is 2.48. The van der Waals surface area contributed by atoms with Crippen LogP contribution in [0, 0.1) is 45.8 Å². The van der Waals surface area contributed by atoms with Gasteiger partial charge in [0.05, 0.1) is 43.8 Å². The highest BCUT2D eigenvalue weighted by atomic mass is 79.9. The van der Waals surface area contributed by atoms with E-state index in [-0.39, 0.29) is 22.9 Å². The van der Waals surface area contributed by atoms with Crippen molar-refractivity contribution in [2.24, 2.45) is 29.0 Å². The van der Waals surface area contributed by atoms with Crippen LogP contribution in [0.4, 0.5) is 0 Å². The van der Waals surface area contributed by atoms with E-state index in [2.05, 4.69) is 15.9 Å². The number of para-hydroxylation sites is 1. The molecule has 2 aliphatic rings.